The summed E-state index contributed by atoms with van der Waals surface area (Å²) in [5.74, 6) is -1.47. The molecule has 6 heteroatoms. The molecule has 0 saturated carbocycles. The average molecular weight is 191 g/mol. The second-order valence-corrected chi connectivity index (χ2v) is 2.65. The van der Waals surface area contributed by atoms with Gasteiger partial charge in [-0.1, -0.05) is 0 Å². The molecule has 76 valence electrons. The lowest BCUT2D eigenvalue weighted by molar-refractivity contribution is -0.138. The van der Waals surface area contributed by atoms with E-state index in [1.807, 2.05) is 0 Å². The highest BCUT2D eigenvalue weighted by molar-refractivity contribution is 5.73. The van der Waals surface area contributed by atoms with E-state index in [4.69, 9.17) is 15.3 Å². The van der Waals surface area contributed by atoms with Crippen molar-refractivity contribution in [3.8, 4) is 0 Å². The van der Waals surface area contributed by atoms with Crippen LogP contribution in [0.2, 0.25) is 0 Å². The summed E-state index contributed by atoms with van der Waals surface area (Å²) in [5, 5.41) is 28.0. The van der Waals surface area contributed by atoms with Crippen molar-refractivity contribution in [3.05, 3.63) is 0 Å². The predicted octanol–water partition coefficient (Wildman–Crippen LogP) is -1.33. The fourth-order valence-corrected chi connectivity index (χ4v) is 0.836. The lowest BCUT2D eigenvalue weighted by Gasteiger charge is -2.18. The summed E-state index contributed by atoms with van der Waals surface area (Å²) in [6.45, 7) is 1.22. The van der Waals surface area contributed by atoms with Gasteiger partial charge in [0.1, 0.15) is 0 Å². The first kappa shape index (κ1) is 11.9. The summed E-state index contributed by atoms with van der Waals surface area (Å²) >= 11 is 0. The maximum atomic E-state index is 10.5. The number of nitrogens with one attached hydrogen (secondary N) is 1. The quantitative estimate of drug-likeness (QED) is 0.403. The average Bonchev–Trinajstić information content (AvgIpc) is 1.96. The van der Waals surface area contributed by atoms with E-state index in [9.17, 15) is 9.59 Å². The number of amides is 1. The highest BCUT2D eigenvalue weighted by Crippen LogP contribution is 2.00. The third-order valence-corrected chi connectivity index (χ3v) is 1.42. The van der Waals surface area contributed by atoms with Crippen molar-refractivity contribution in [1.82, 2.24) is 5.32 Å². The van der Waals surface area contributed by atoms with Gasteiger partial charge in [0.2, 0.25) is 5.91 Å². The van der Waals surface area contributed by atoms with Gasteiger partial charge < -0.3 is 20.6 Å². The summed E-state index contributed by atoms with van der Waals surface area (Å²) in [4.78, 5) is 20.7. The molecular weight excluding hydrogens is 178 g/mol. The number of hydrogen-bond acceptors (Lipinski definition) is 4. The Bertz CT molecular complexity index is 191. The predicted molar refractivity (Wildman–Crippen MR) is 42.7 cm³/mol. The number of rotatable bonds is 5. The van der Waals surface area contributed by atoms with E-state index >= 15 is 0 Å². The number of carboxylic acid groups (broad SMARTS) is 1. The molecule has 0 spiro atoms. The van der Waals surface area contributed by atoms with Gasteiger partial charge in [0.25, 0.3) is 0 Å². The first-order valence-electron chi connectivity index (χ1n) is 3.78. The molecule has 0 aliphatic carbocycles. The normalized spacial score (nSPS) is 12.6. The molecule has 0 radical (unpaired) electrons. The fraction of sp³-hybridized carbons (Fsp3) is 0.714. The number of hydrogen-bond donors (Lipinski definition) is 4. The van der Waals surface area contributed by atoms with E-state index in [0.717, 1.165) is 0 Å². The molecule has 0 rings (SSSR count). The highest BCUT2D eigenvalue weighted by atomic mass is 16.5. The Hall–Kier alpha value is -1.14. The zero-order chi connectivity index (χ0) is 10.4. The summed E-state index contributed by atoms with van der Waals surface area (Å²) in [6.07, 6.45) is -1.96. The summed E-state index contributed by atoms with van der Waals surface area (Å²) in [6, 6.07) is -0.923. The van der Waals surface area contributed by atoms with Gasteiger partial charge in [-0.15, -0.1) is 0 Å². The van der Waals surface area contributed by atoms with Gasteiger partial charge in [0, 0.05) is 13.3 Å². The van der Waals surface area contributed by atoms with E-state index in [1.54, 1.807) is 0 Å². The van der Waals surface area contributed by atoms with Crippen LogP contribution in [0, 0.1) is 0 Å². The van der Waals surface area contributed by atoms with E-state index in [-0.39, 0.29) is 12.8 Å². The van der Waals surface area contributed by atoms with E-state index in [1.165, 1.54) is 6.92 Å². The number of carboxylic acids is 1. The second-order valence-electron chi connectivity index (χ2n) is 2.65. The van der Waals surface area contributed by atoms with E-state index in [2.05, 4.69) is 5.32 Å². The van der Waals surface area contributed by atoms with Crippen molar-refractivity contribution in [1.29, 1.82) is 0 Å². The van der Waals surface area contributed by atoms with Crippen LogP contribution in [-0.2, 0) is 9.59 Å². The van der Waals surface area contributed by atoms with Gasteiger partial charge in [-0.3, -0.25) is 9.59 Å². The van der Waals surface area contributed by atoms with Crippen LogP contribution in [-0.4, -0.2) is 39.5 Å². The van der Waals surface area contributed by atoms with Crippen LogP contribution < -0.4 is 5.32 Å². The van der Waals surface area contributed by atoms with Crippen LogP contribution >= 0.6 is 0 Å². The molecule has 0 saturated heterocycles. The molecule has 6 nitrogen and oxygen atoms in total. The topological polar surface area (TPSA) is 107 Å². The first-order chi connectivity index (χ1) is 5.93. The molecule has 1 unspecified atom stereocenters. The molecule has 0 aliphatic heterocycles. The van der Waals surface area contributed by atoms with E-state index in [0.29, 0.717) is 0 Å². The largest absolute Gasteiger partial charge is 0.481 e. The zero-order valence-corrected chi connectivity index (χ0v) is 7.23. The molecular formula is C7H13NO5. The van der Waals surface area contributed by atoms with Gasteiger partial charge in [-0.05, 0) is 6.42 Å². The Kier molecular flexibility index (Phi) is 5.01. The molecule has 0 aromatic carbocycles. The molecule has 0 bridgehead atoms. The minimum atomic E-state index is -1.73. The minimum absolute atomic E-state index is 0.00736. The van der Waals surface area contributed by atoms with Crippen molar-refractivity contribution in [3.63, 3.8) is 0 Å². The Morgan fingerprint density at radius 1 is 1.38 bits per heavy atom. The van der Waals surface area contributed by atoms with Gasteiger partial charge in [-0.25, -0.2) is 0 Å². The third kappa shape index (κ3) is 6.06. The van der Waals surface area contributed by atoms with Crippen LogP contribution in [0.4, 0.5) is 0 Å². The second kappa shape index (κ2) is 5.50. The number of aliphatic hydroxyl groups is 2. The molecule has 4 N–H and O–H groups in total. The summed E-state index contributed by atoms with van der Waals surface area (Å²) in [5.41, 5.74) is 0. The number of carbonyl (C=O) groups excluding carboxylic acids is 1. The minimum Gasteiger partial charge on any atom is -0.481 e. The van der Waals surface area contributed by atoms with Gasteiger partial charge in [0.15, 0.2) is 6.29 Å². The molecule has 0 heterocycles. The monoisotopic (exact) mass is 191 g/mol. The smallest absolute Gasteiger partial charge is 0.303 e. The maximum Gasteiger partial charge on any atom is 0.303 e. The van der Waals surface area contributed by atoms with Crippen molar-refractivity contribution in [2.24, 2.45) is 0 Å². The standard InChI is InChI=1S/C7H13NO5/c1-4(9)8-5(7(12)13)2-3-6(10)11/h5,7,12-13H,2-3H2,1H3,(H,8,9)(H,10,11). The summed E-state index contributed by atoms with van der Waals surface area (Å²) in [7, 11) is 0. The Labute approximate surface area is 75.2 Å². The van der Waals surface area contributed by atoms with Gasteiger partial charge >= 0.3 is 5.97 Å². The Balaban J connectivity index is 3.95. The highest BCUT2D eigenvalue weighted by Gasteiger charge is 2.18. The molecule has 0 aromatic rings. The molecule has 0 fully saturated rings. The van der Waals surface area contributed by atoms with Crippen LogP contribution in [0.1, 0.15) is 19.8 Å². The fourth-order valence-electron chi connectivity index (χ4n) is 0.836. The summed E-state index contributed by atoms with van der Waals surface area (Å²) < 4.78 is 0. The lowest BCUT2D eigenvalue weighted by Crippen LogP contribution is -2.42. The van der Waals surface area contributed by atoms with E-state index < -0.39 is 24.2 Å². The molecule has 1 amide bonds. The third-order valence-electron chi connectivity index (χ3n) is 1.42. The van der Waals surface area contributed by atoms with Crippen LogP contribution in [0.15, 0.2) is 0 Å². The first-order valence-corrected chi connectivity index (χ1v) is 3.78. The number of aliphatic hydroxyl groups excluding tert-OH is 1. The molecule has 13 heavy (non-hydrogen) atoms. The van der Waals surface area contributed by atoms with Crippen molar-refractivity contribution < 1.29 is 24.9 Å². The van der Waals surface area contributed by atoms with Crippen molar-refractivity contribution in [2.45, 2.75) is 32.1 Å². The van der Waals surface area contributed by atoms with Crippen LogP contribution in [0.25, 0.3) is 0 Å². The number of aliphatic carboxylic acids is 1. The van der Waals surface area contributed by atoms with Gasteiger partial charge in [0.05, 0.1) is 6.04 Å². The Morgan fingerprint density at radius 3 is 2.23 bits per heavy atom. The zero-order valence-electron chi connectivity index (χ0n) is 7.23. The van der Waals surface area contributed by atoms with Gasteiger partial charge in [-0.2, -0.15) is 0 Å². The SMILES string of the molecule is CC(=O)NC(CCC(=O)O)C(O)O. The lowest BCUT2D eigenvalue weighted by atomic mass is 10.1. The maximum absolute atomic E-state index is 10.5. The van der Waals surface area contributed by atoms with Crippen LogP contribution in [0.3, 0.4) is 0 Å². The van der Waals surface area contributed by atoms with Crippen LogP contribution in [0.5, 0.6) is 0 Å². The Morgan fingerprint density at radius 2 is 1.92 bits per heavy atom. The molecule has 1 atom stereocenters. The van der Waals surface area contributed by atoms with Crippen molar-refractivity contribution in [2.75, 3.05) is 0 Å². The molecule has 0 aromatic heterocycles. The number of carbonyl (C=O) groups is 2. The molecule has 0 aliphatic rings. The van der Waals surface area contributed by atoms with Crippen molar-refractivity contribution >= 4 is 11.9 Å².